The third-order valence-electron chi connectivity index (χ3n) is 2.69. The lowest BCUT2D eigenvalue weighted by molar-refractivity contribution is 0.102. The average Bonchev–Trinajstić information content (AvgIpc) is 2.44. The predicted molar refractivity (Wildman–Crippen MR) is 77.4 cm³/mol. The zero-order chi connectivity index (χ0) is 14.5. The summed E-state index contributed by atoms with van der Waals surface area (Å²) in [5.74, 6) is -1.13. The molecule has 2 rings (SSSR count). The summed E-state index contributed by atoms with van der Waals surface area (Å²) in [7, 11) is 0. The minimum absolute atomic E-state index is 0.0569. The minimum Gasteiger partial charge on any atom is -0.322 e. The van der Waals surface area contributed by atoms with Gasteiger partial charge in [0.05, 0.1) is 18.1 Å². The summed E-state index contributed by atoms with van der Waals surface area (Å²) in [5, 5.41) is 11.2. The maximum absolute atomic E-state index is 13.6. The fraction of sp³-hybridized carbons (Fsp3) is 0.0667. The first-order valence-corrected chi connectivity index (χ1v) is 6.30. The van der Waals surface area contributed by atoms with E-state index in [1.165, 1.54) is 18.2 Å². The molecule has 3 nitrogen and oxygen atoms in total. The van der Waals surface area contributed by atoms with Crippen molar-refractivity contribution in [1.29, 1.82) is 5.26 Å². The highest BCUT2D eigenvalue weighted by atomic mass is 32.1. The van der Waals surface area contributed by atoms with Gasteiger partial charge in [-0.3, -0.25) is 4.79 Å². The van der Waals surface area contributed by atoms with Crippen molar-refractivity contribution in [2.45, 2.75) is 11.3 Å². The SMILES string of the molecule is N#CCc1ccc(NC(=O)c2cc(S)ccc2F)cc1. The summed E-state index contributed by atoms with van der Waals surface area (Å²) in [6, 6.07) is 12.9. The highest BCUT2D eigenvalue weighted by Gasteiger charge is 2.12. The molecule has 0 aliphatic rings. The Labute approximate surface area is 121 Å². The Kier molecular flexibility index (Phi) is 4.38. The van der Waals surface area contributed by atoms with Gasteiger partial charge < -0.3 is 5.32 Å². The van der Waals surface area contributed by atoms with Crippen LogP contribution in [0, 0.1) is 17.1 Å². The quantitative estimate of drug-likeness (QED) is 0.849. The molecule has 1 N–H and O–H groups in total. The third-order valence-corrected chi connectivity index (χ3v) is 2.97. The van der Waals surface area contributed by atoms with Crippen molar-refractivity contribution in [2.75, 3.05) is 5.32 Å². The molecule has 0 aromatic heterocycles. The fourth-order valence-electron chi connectivity index (χ4n) is 1.68. The summed E-state index contributed by atoms with van der Waals surface area (Å²) in [4.78, 5) is 12.5. The first kappa shape index (κ1) is 14.1. The van der Waals surface area contributed by atoms with Gasteiger partial charge in [0, 0.05) is 10.6 Å². The van der Waals surface area contributed by atoms with Crippen molar-refractivity contribution in [3.05, 3.63) is 59.4 Å². The van der Waals surface area contributed by atoms with Gasteiger partial charge in [-0.15, -0.1) is 12.6 Å². The Morgan fingerprint density at radius 1 is 1.25 bits per heavy atom. The van der Waals surface area contributed by atoms with Crippen molar-refractivity contribution < 1.29 is 9.18 Å². The van der Waals surface area contributed by atoms with Crippen LogP contribution in [0.15, 0.2) is 47.4 Å². The lowest BCUT2D eigenvalue weighted by atomic mass is 10.1. The topological polar surface area (TPSA) is 52.9 Å². The van der Waals surface area contributed by atoms with E-state index in [2.05, 4.69) is 17.9 Å². The summed E-state index contributed by atoms with van der Waals surface area (Å²) in [6.07, 6.45) is 0.310. The zero-order valence-corrected chi connectivity index (χ0v) is 11.3. The molecular weight excluding hydrogens is 275 g/mol. The Morgan fingerprint density at radius 2 is 1.95 bits per heavy atom. The second-order valence-electron chi connectivity index (χ2n) is 4.15. The highest BCUT2D eigenvalue weighted by Crippen LogP contribution is 2.16. The van der Waals surface area contributed by atoms with Crippen LogP contribution in [0.1, 0.15) is 15.9 Å². The first-order valence-electron chi connectivity index (χ1n) is 5.86. The highest BCUT2D eigenvalue weighted by molar-refractivity contribution is 7.80. The standard InChI is InChI=1S/C15H11FN2OS/c16-14-6-5-12(20)9-13(14)15(19)18-11-3-1-10(2-4-11)7-8-17/h1-6,9,20H,7H2,(H,18,19). The van der Waals surface area contributed by atoms with E-state index in [4.69, 9.17) is 5.26 Å². The Morgan fingerprint density at radius 3 is 2.60 bits per heavy atom. The molecule has 0 aliphatic heterocycles. The number of benzene rings is 2. The van der Waals surface area contributed by atoms with E-state index in [9.17, 15) is 9.18 Å². The number of amides is 1. The van der Waals surface area contributed by atoms with Crippen LogP contribution in [0.5, 0.6) is 0 Å². The molecule has 0 fully saturated rings. The van der Waals surface area contributed by atoms with Crippen LogP contribution in [-0.4, -0.2) is 5.91 Å². The molecule has 0 aliphatic carbocycles. The molecule has 0 saturated heterocycles. The van der Waals surface area contributed by atoms with Gasteiger partial charge in [-0.25, -0.2) is 4.39 Å². The molecule has 100 valence electrons. The first-order chi connectivity index (χ1) is 9.60. The van der Waals surface area contributed by atoms with Crippen molar-refractivity contribution in [3.8, 4) is 6.07 Å². The largest absolute Gasteiger partial charge is 0.322 e. The molecule has 1 amide bonds. The van der Waals surface area contributed by atoms with Gasteiger partial charge in [0.25, 0.3) is 5.91 Å². The van der Waals surface area contributed by atoms with Gasteiger partial charge in [-0.1, -0.05) is 12.1 Å². The van der Waals surface area contributed by atoms with E-state index in [0.29, 0.717) is 17.0 Å². The van der Waals surface area contributed by atoms with Crippen molar-refractivity contribution >= 4 is 24.2 Å². The number of thiol groups is 1. The molecule has 0 heterocycles. The average molecular weight is 286 g/mol. The number of nitrogens with zero attached hydrogens (tertiary/aromatic N) is 1. The molecule has 20 heavy (non-hydrogen) atoms. The van der Waals surface area contributed by atoms with Crippen LogP contribution in [0.3, 0.4) is 0 Å². The third kappa shape index (κ3) is 3.37. The normalized spacial score (nSPS) is 9.85. The molecule has 5 heteroatoms. The molecule has 0 unspecified atom stereocenters. The fourth-order valence-corrected chi connectivity index (χ4v) is 1.89. The van der Waals surface area contributed by atoms with Gasteiger partial charge in [-0.05, 0) is 35.9 Å². The number of halogens is 1. The number of nitriles is 1. The van der Waals surface area contributed by atoms with E-state index in [-0.39, 0.29) is 5.56 Å². The van der Waals surface area contributed by atoms with Gasteiger partial charge in [0.15, 0.2) is 0 Å². The second-order valence-corrected chi connectivity index (χ2v) is 4.67. The second kappa shape index (κ2) is 6.22. The summed E-state index contributed by atoms with van der Waals surface area (Å²) in [6.45, 7) is 0. The van der Waals surface area contributed by atoms with Crippen LogP contribution in [0.25, 0.3) is 0 Å². The monoisotopic (exact) mass is 286 g/mol. The van der Waals surface area contributed by atoms with E-state index in [1.807, 2.05) is 6.07 Å². The summed E-state index contributed by atoms with van der Waals surface area (Å²) < 4.78 is 13.6. The molecule has 0 spiro atoms. The van der Waals surface area contributed by atoms with Crippen LogP contribution in [0.4, 0.5) is 10.1 Å². The Hall–Kier alpha value is -2.32. The number of carbonyl (C=O) groups is 1. The number of hydrogen-bond donors (Lipinski definition) is 2. The van der Waals surface area contributed by atoms with Gasteiger partial charge in [0.2, 0.25) is 0 Å². The van der Waals surface area contributed by atoms with E-state index >= 15 is 0 Å². The van der Waals surface area contributed by atoms with Crippen LogP contribution in [0.2, 0.25) is 0 Å². The predicted octanol–water partition coefficient (Wildman–Crippen LogP) is 3.43. The van der Waals surface area contributed by atoms with Gasteiger partial charge in [-0.2, -0.15) is 5.26 Å². The Balaban J connectivity index is 2.15. The maximum Gasteiger partial charge on any atom is 0.258 e. The number of carbonyl (C=O) groups excluding carboxylic acids is 1. The Bertz CT molecular complexity index is 677. The lowest BCUT2D eigenvalue weighted by Crippen LogP contribution is -2.13. The number of rotatable bonds is 3. The van der Waals surface area contributed by atoms with Crippen LogP contribution >= 0.6 is 12.6 Å². The van der Waals surface area contributed by atoms with Gasteiger partial charge in [0.1, 0.15) is 5.82 Å². The molecule has 0 bridgehead atoms. The van der Waals surface area contributed by atoms with Crippen molar-refractivity contribution in [2.24, 2.45) is 0 Å². The van der Waals surface area contributed by atoms with Crippen LogP contribution < -0.4 is 5.32 Å². The maximum atomic E-state index is 13.6. The molecule has 0 radical (unpaired) electrons. The smallest absolute Gasteiger partial charge is 0.258 e. The number of nitrogens with one attached hydrogen (secondary N) is 1. The van der Waals surface area contributed by atoms with Crippen molar-refractivity contribution in [3.63, 3.8) is 0 Å². The molecule has 0 atom stereocenters. The number of hydrogen-bond acceptors (Lipinski definition) is 3. The molecular formula is C15H11FN2OS. The molecule has 0 saturated carbocycles. The van der Waals surface area contributed by atoms with E-state index in [1.54, 1.807) is 24.3 Å². The molecule has 2 aromatic carbocycles. The van der Waals surface area contributed by atoms with E-state index < -0.39 is 11.7 Å². The lowest BCUT2D eigenvalue weighted by Gasteiger charge is -2.07. The number of anilines is 1. The van der Waals surface area contributed by atoms with E-state index in [0.717, 1.165) is 5.56 Å². The summed E-state index contributed by atoms with van der Waals surface area (Å²) >= 11 is 4.08. The zero-order valence-electron chi connectivity index (χ0n) is 10.4. The minimum atomic E-state index is -0.596. The summed E-state index contributed by atoms with van der Waals surface area (Å²) in [5.41, 5.74) is 1.34. The van der Waals surface area contributed by atoms with Crippen LogP contribution in [-0.2, 0) is 6.42 Å². The molecule has 2 aromatic rings. The van der Waals surface area contributed by atoms with Gasteiger partial charge >= 0.3 is 0 Å². The van der Waals surface area contributed by atoms with Crippen molar-refractivity contribution in [1.82, 2.24) is 0 Å².